The molecule has 0 aromatic heterocycles. The molecule has 6 nitrogen and oxygen atoms in total. The molecule has 2 rings (SSSR count). The Morgan fingerprint density at radius 3 is 2.58 bits per heavy atom. The van der Waals surface area contributed by atoms with Crippen molar-refractivity contribution < 1.29 is 23.5 Å². The van der Waals surface area contributed by atoms with E-state index in [0.717, 1.165) is 29.9 Å². The minimum Gasteiger partial charge on any atom is -0.452 e. The average Bonchev–Trinajstić information content (AvgIpc) is 3.31. The van der Waals surface area contributed by atoms with Gasteiger partial charge in [0.15, 0.2) is 6.61 Å². The molecule has 1 aromatic rings. The van der Waals surface area contributed by atoms with Gasteiger partial charge in [-0.15, -0.1) is 0 Å². The Balaban J connectivity index is 1.85. The third kappa shape index (κ3) is 5.07. The van der Waals surface area contributed by atoms with Gasteiger partial charge in [-0.2, -0.15) is 0 Å². The molecule has 0 unspecified atom stereocenters. The number of hydrogen-bond donors (Lipinski definition) is 1. The second-order valence-electron chi connectivity index (χ2n) is 5.41. The monoisotopic (exact) mass is 376 g/mol. The fourth-order valence-corrected chi connectivity index (χ4v) is 2.26. The predicted octanol–water partition coefficient (Wildman–Crippen LogP) is 2.03. The van der Waals surface area contributed by atoms with Crippen molar-refractivity contribution in [1.29, 1.82) is 0 Å². The van der Waals surface area contributed by atoms with Gasteiger partial charge in [-0.1, -0.05) is 23.2 Å². The second kappa shape index (κ2) is 7.81. The Kier molecular flexibility index (Phi) is 6.01. The number of hydrogen-bond acceptors (Lipinski definition) is 4. The van der Waals surface area contributed by atoms with Gasteiger partial charge >= 0.3 is 5.97 Å². The van der Waals surface area contributed by atoms with Crippen molar-refractivity contribution in [3.63, 3.8) is 0 Å². The number of ether oxygens (including phenoxy) is 1. The van der Waals surface area contributed by atoms with Crippen molar-refractivity contribution in [2.75, 3.05) is 20.2 Å². The molecule has 1 saturated carbocycles. The molecule has 130 valence electrons. The summed E-state index contributed by atoms with van der Waals surface area (Å²) in [7, 11) is 1.41. The quantitative estimate of drug-likeness (QED) is 0.608. The molecule has 1 aliphatic rings. The molecule has 0 spiro atoms. The Bertz CT molecular complexity index is 680. The minimum atomic E-state index is -0.959. The standard InChI is InChI=1S/C15H15Cl2FN2O4/c1-20(6-13(21)19-8-2-3-8)14(22)7-24-15(23)9-4-12(18)11(17)5-10(9)16/h4-5,8H,2-3,6-7H2,1H3,(H,19,21). The van der Waals surface area contributed by atoms with Crippen LogP contribution < -0.4 is 5.32 Å². The van der Waals surface area contributed by atoms with Crippen LogP contribution in [0.15, 0.2) is 12.1 Å². The number of nitrogens with zero attached hydrogens (tertiary/aromatic N) is 1. The van der Waals surface area contributed by atoms with Crippen molar-refractivity contribution in [3.05, 3.63) is 33.6 Å². The zero-order valence-corrected chi connectivity index (χ0v) is 14.3. The van der Waals surface area contributed by atoms with Crippen LogP contribution in [0, 0.1) is 5.82 Å². The fourth-order valence-electron chi connectivity index (χ4n) is 1.80. The third-order valence-corrected chi connectivity index (χ3v) is 3.91. The Labute approximate surface area is 147 Å². The lowest BCUT2D eigenvalue weighted by atomic mass is 10.2. The van der Waals surface area contributed by atoms with E-state index in [-0.39, 0.29) is 34.1 Å². The first-order valence-corrected chi connectivity index (χ1v) is 7.88. The molecule has 2 amide bonds. The number of carbonyl (C=O) groups excluding carboxylic acids is 3. The van der Waals surface area contributed by atoms with Crippen molar-refractivity contribution in [2.24, 2.45) is 0 Å². The van der Waals surface area contributed by atoms with Crippen LogP contribution >= 0.6 is 23.2 Å². The lowest BCUT2D eigenvalue weighted by Gasteiger charge is -2.16. The van der Waals surface area contributed by atoms with E-state index in [1.807, 2.05) is 0 Å². The summed E-state index contributed by atoms with van der Waals surface area (Å²) >= 11 is 11.3. The van der Waals surface area contributed by atoms with Crippen LogP contribution in [-0.2, 0) is 14.3 Å². The highest BCUT2D eigenvalue weighted by molar-refractivity contribution is 6.36. The maximum Gasteiger partial charge on any atom is 0.340 e. The molecule has 0 aliphatic heterocycles. The molecule has 1 fully saturated rings. The van der Waals surface area contributed by atoms with E-state index >= 15 is 0 Å². The van der Waals surface area contributed by atoms with E-state index in [9.17, 15) is 18.8 Å². The zero-order valence-electron chi connectivity index (χ0n) is 12.8. The molecule has 0 heterocycles. The first-order valence-electron chi connectivity index (χ1n) is 7.13. The summed E-state index contributed by atoms with van der Waals surface area (Å²) in [5, 5.41) is 2.42. The van der Waals surface area contributed by atoms with Gasteiger partial charge in [0, 0.05) is 13.1 Å². The molecular formula is C15H15Cl2FN2O4. The molecular weight excluding hydrogens is 362 g/mol. The van der Waals surface area contributed by atoms with Gasteiger partial charge < -0.3 is 15.0 Å². The number of carbonyl (C=O) groups is 3. The maximum absolute atomic E-state index is 13.4. The highest BCUT2D eigenvalue weighted by Gasteiger charge is 2.24. The number of nitrogens with one attached hydrogen (secondary N) is 1. The summed E-state index contributed by atoms with van der Waals surface area (Å²) < 4.78 is 18.2. The van der Waals surface area contributed by atoms with Crippen LogP contribution in [0.1, 0.15) is 23.2 Å². The molecule has 1 aromatic carbocycles. The second-order valence-corrected chi connectivity index (χ2v) is 6.23. The summed E-state index contributed by atoms with van der Waals surface area (Å²) in [5.74, 6) is -2.63. The van der Waals surface area contributed by atoms with Crippen LogP contribution in [0.3, 0.4) is 0 Å². The SMILES string of the molecule is CN(CC(=O)NC1CC1)C(=O)COC(=O)c1cc(F)c(Cl)cc1Cl. The lowest BCUT2D eigenvalue weighted by molar-refractivity contribution is -0.137. The van der Waals surface area contributed by atoms with Crippen LogP contribution in [-0.4, -0.2) is 48.9 Å². The van der Waals surface area contributed by atoms with Gasteiger partial charge in [0.25, 0.3) is 5.91 Å². The van der Waals surface area contributed by atoms with E-state index in [4.69, 9.17) is 27.9 Å². The maximum atomic E-state index is 13.4. The van der Waals surface area contributed by atoms with Gasteiger partial charge in [0.2, 0.25) is 5.91 Å². The summed E-state index contributed by atoms with van der Waals surface area (Å²) in [6.07, 6.45) is 1.89. The summed E-state index contributed by atoms with van der Waals surface area (Å²) in [4.78, 5) is 36.5. The van der Waals surface area contributed by atoms with Gasteiger partial charge in [0.05, 0.1) is 22.2 Å². The van der Waals surface area contributed by atoms with E-state index in [0.29, 0.717) is 0 Å². The van der Waals surface area contributed by atoms with Gasteiger partial charge in [0.1, 0.15) is 5.82 Å². The number of likely N-dealkylation sites (N-methyl/N-ethyl adjacent to an activating group) is 1. The first kappa shape index (κ1) is 18.5. The van der Waals surface area contributed by atoms with Crippen molar-refractivity contribution >= 4 is 41.0 Å². The van der Waals surface area contributed by atoms with E-state index in [2.05, 4.69) is 5.32 Å². The molecule has 9 heteroatoms. The molecule has 0 atom stereocenters. The number of amides is 2. The Morgan fingerprint density at radius 2 is 1.96 bits per heavy atom. The topological polar surface area (TPSA) is 75.7 Å². The van der Waals surface area contributed by atoms with Crippen molar-refractivity contribution in [1.82, 2.24) is 10.2 Å². The van der Waals surface area contributed by atoms with Gasteiger partial charge in [-0.3, -0.25) is 9.59 Å². The number of halogens is 3. The lowest BCUT2D eigenvalue weighted by Crippen LogP contribution is -2.40. The van der Waals surface area contributed by atoms with E-state index in [1.54, 1.807) is 0 Å². The Hall–Kier alpha value is -1.86. The average molecular weight is 377 g/mol. The number of benzene rings is 1. The fraction of sp³-hybridized carbons (Fsp3) is 0.400. The van der Waals surface area contributed by atoms with Crippen molar-refractivity contribution in [3.8, 4) is 0 Å². The van der Waals surface area contributed by atoms with Crippen LogP contribution in [0.4, 0.5) is 4.39 Å². The highest BCUT2D eigenvalue weighted by Crippen LogP contribution is 2.24. The van der Waals surface area contributed by atoms with E-state index in [1.165, 1.54) is 7.05 Å². The van der Waals surface area contributed by atoms with Gasteiger partial charge in [-0.25, -0.2) is 9.18 Å². The molecule has 0 bridgehead atoms. The number of esters is 1. The smallest absolute Gasteiger partial charge is 0.340 e. The molecule has 24 heavy (non-hydrogen) atoms. The normalized spacial score (nSPS) is 13.3. The zero-order chi connectivity index (χ0) is 17.9. The number of rotatable bonds is 6. The highest BCUT2D eigenvalue weighted by atomic mass is 35.5. The van der Waals surface area contributed by atoms with Gasteiger partial charge in [-0.05, 0) is 25.0 Å². The molecule has 1 N–H and O–H groups in total. The largest absolute Gasteiger partial charge is 0.452 e. The van der Waals surface area contributed by atoms with E-state index < -0.39 is 24.3 Å². The third-order valence-electron chi connectivity index (χ3n) is 3.31. The predicted molar refractivity (Wildman–Crippen MR) is 85.5 cm³/mol. The van der Waals surface area contributed by atoms with Crippen molar-refractivity contribution in [2.45, 2.75) is 18.9 Å². The molecule has 0 saturated heterocycles. The molecule has 1 aliphatic carbocycles. The summed E-state index contributed by atoms with van der Waals surface area (Å²) in [6, 6.07) is 2.11. The summed E-state index contributed by atoms with van der Waals surface area (Å²) in [5.41, 5.74) is -0.236. The van der Waals surface area contributed by atoms with Crippen LogP contribution in [0.25, 0.3) is 0 Å². The van der Waals surface area contributed by atoms with Crippen LogP contribution in [0.2, 0.25) is 10.0 Å². The summed E-state index contributed by atoms with van der Waals surface area (Å²) in [6.45, 7) is -0.726. The molecule has 0 radical (unpaired) electrons. The first-order chi connectivity index (χ1) is 11.3. The Morgan fingerprint density at radius 1 is 1.29 bits per heavy atom. The minimum absolute atomic E-state index is 0.0870. The van der Waals surface area contributed by atoms with Crippen LogP contribution in [0.5, 0.6) is 0 Å².